The van der Waals surface area contributed by atoms with Gasteiger partial charge in [0, 0.05) is 22.8 Å². The molecule has 0 unspecified atom stereocenters. The topological polar surface area (TPSA) is 114 Å². The average molecular weight is 478 g/mol. The molecule has 0 bridgehead atoms. The zero-order valence-electron chi connectivity index (χ0n) is 18.2. The van der Waals surface area contributed by atoms with Crippen LogP contribution in [0.3, 0.4) is 0 Å². The van der Waals surface area contributed by atoms with E-state index in [4.69, 9.17) is 21.1 Å². The van der Waals surface area contributed by atoms with Crippen LogP contribution in [0.5, 0.6) is 11.5 Å². The van der Waals surface area contributed by atoms with Crippen LogP contribution >= 0.6 is 11.6 Å². The van der Waals surface area contributed by atoms with Gasteiger partial charge in [0.25, 0.3) is 11.6 Å². The molecule has 1 N–H and O–H groups in total. The number of nitriles is 1. The van der Waals surface area contributed by atoms with Gasteiger partial charge in [0.05, 0.1) is 11.5 Å². The number of hydrogen-bond acceptors (Lipinski definition) is 6. The highest BCUT2D eigenvalue weighted by molar-refractivity contribution is 6.30. The number of non-ortho nitro benzene ring substituents is 1. The van der Waals surface area contributed by atoms with Crippen LogP contribution in [0.1, 0.15) is 18.1 Å². The molecule has 0 spiro atoms. The van der Waals surface area contributed by atoms with Gasteiger partial charge in [-0.15, -0.1) is 0 Å². The average Bonchev–Trinajstić information content (AvgIpc) is 2.83. The van der Waals surface area contributed by atoms with Crippen LogP contribution in [0.25, 0.3) is 6.08 Å². The summed E-state index contributed by atoms with van der Waals surface area (Å²) in [5, 5.41) is 23.5. The van der Waals surface area contributed by atoms with Crippen molar-refractivity contribution in [2.24, 2.45) is 0 Å². The Hall–Kier alpha value is -4.35. The van der Waals surface area contributed by atoms with Gasteiger partial charge in [-0.1, -0.05) is 35.9 Å². The highest BCUT2D eigenvalue weighted by Crippen LogP contribution is 2.30. The maximum absolute atomic E-state index is 12.6. The first kappa shape index (κ1) is 24.3. The minimum atomic E-state index is -0.691. The largest absolute Gasteiger partial charge is 0.490 e. The van der Waals surface area contributed by atoms with Gasteiger partial charge in [-0.2, -0.15) is 5.26 Å². The molecule has 172 valence electrons. The molecule has 0 atom stereocenters. The minimum absolute atomic E-state index is 0.171. The van der Waals surface area contributed by atoms with E-state index in [2.05, 4.69) is 5.32 Å². The van der Waals surface area contributed by atoms with E-state index in [0.717, 1.165) is 5.56 Å². The first-order valence-electron chi connectivity index (χ1n) is 10.2. The van der Waals surface area contributed by atoms with E-state index in [1.807, 2.05) is 25.1 Å². The van der Waals surface area contributed by atoms with Crippen LogP contribution in [0.15, 0.2) is 72.3 Å². The molecule has 0 aliphatic rings. The number of anilines is 1. The number of nitro benzene ring substituents is 1. The molecule has 0 heterocycles. The highest BCUT2D eigenvalue weighted by atomic mass is 35.5. The smallest absolute Gasteiger partial charge is 0.271 e. The Morgan fingerprint density at radius 3 is 2.56 bits per heavy atom. The number of benzene rings is 3. The molecule has 3 rings (SSSR count). The lowest BCUT2D eigenvalue weighted by atomic mass is 10.1. The first-order chi connectivity index (χ1) is 16.4. The van der Waals surface area contributed by atoms with Crippen LogP contribution in [-0.2, 0) is 11.4 Å². The number of rotatable bonds is 9. The number of nitrogens with zero attached hydrogens (tertiary/aromatic N) is 2. The second-order valence-electron chi connectivity index (χ2n) is 6.99. The summed E-state index contributed by atoms with van der Waals surface area (Å²) in [6, 6.07) is 19.7. The quantitative estimate of drug-likeness (QED) is 0.181. The second kappa shape index (κ2) is 11.5. The number of nitro groups is 1. The summed E-state index contributed by atoms with van der Waals surface area (Å²) in [7, 11) is 0. The molecule has 3 aromatic carbocycles. The monoisotopic (exact) mass is 477 g/mol. The molecule has 34 heavy (non-hydrogen) atoms. The Morgan fingerprint density at radius 1 is 1.12 bits per heavy atom. The van der Waals surface area contributed by atoms with Crippen LogP contribution in [0.4, 0.5) is 11.4 Å². The molecule has 0 saturated carbocycles. The summed E-state index contributed by atoms with van der Waals surface area (Å²) in [6.07, 6.45) is 1.40. The molecule has 0 aliphatic heterocycles. The fraction of sp³-hybridized carbons (Fsp3) is 0.120. The minimum Gasteiger partial charge on any atom is -0.490 e. The Balaban J connectivity index is 1.78. The molecule has 0 aliphatic carbocycles. The van der Waals surface area contributed by atoms with Crippen molar-refractivity contribution < 1.29 is 19.2 Å². The predicted molar refractivity (Wildman–Crippen MR) is 129 cm³/mol. The molecule has 0 aromatic heterocycles. The molecular weight excluding hydrogens is 458 g/mol. The number of hydrogen-bond donors (Lipinski definition) is 1. The molecule has 0 saturated heterocycles. The lowest BCUT2D eigenvalue weighted by molar-refractivity contribution is -0.384. The molecule has 0 radical (unpaired) electrons. The Morgan fingerprint density at radius 2 is 1.88 bits per heavy atom. The van der Waals surface area contributed by atoms with Gasteiger partial charge in [-0.3, -0.25) is 14.9 Å². The van der Waals surface area contributed by atoms with Gasteiger partial charge >= 0.3 is 0 Å². The second-order valence-corrected chi connectivity index (χ2v) is 7.42. The SMILES string of the molecule is CCOc1cc(/C=C(/C#N)C(=O)Nc2cccc([N+](=O)[O-])c2)ccc1OCc1ccc(Cl)cc1. The number of carbonyl (C=O) groups is 1. The Labute approximate surface area is 201 Å². The Kier molecular flexibility index (Phi) is 8.21. The van der Waals surface area contributed by atoms with Crippen molar-refractivity contribution >= 4 is 35.0 Å². The van der Waals surface area contributed by atoms with Gasteiger partial charge in [-0.05, 0) is 54.5 Å². The third-order valence-corrected chi connectivity index (χ3v) is 4.82. The molecule has 1 amide bonds. The summed E-state index contributed by atoms with van der Waals surface area (Å²) in [4.78, 5) is 22.9. The molecule has 9 heteroatoms. The predicted octanol–water partition coefficient (Wildman–Crippen LogP) is 5.77. The van der Waals surface area contributed by atoms with Crippen molar-refractivity contribution in [2.75, 3.05) is 11.9 Å². The fourth-order valence-corrected chi connectivity index (χ4v) is 3.08. The zero-order chi connectivity index (χ0) is 24.5. The molecule has 0 fully saturated rings. The van der Waals surface area contributed by atoms with Crippen LogP contribution < -0.4 is 14.8 Å². The van der Waals surface area contributed by atoms with Gasteiger partial charge < -0.3 is 14.8 Å². The molecule has 3 aromatic rings. The van der Waals surface area contributed by atoms with E-state index in [9.17, 15) is 20.2 Å². The summed E-state index contributed by atoms with van der Waals surface area (Å²) < 4.78 is 11.5. The van der Waals surface area contributed by atoms with Crippen molar-refractivity contribution in [2.45, 2.75) is 13.5 Å². The van der Waals surface area contributed by atoms with E-state index in [0.29, 0.717) is 35.3 Å². The fourth-order valence-electron chi connectivity index (χ4n) is 2.95. The van der Waals surface area contributed by atoms with Crippen molar-refractivity contribution in [1.29, 1.82) is 5.26 Å². The van der Waals surface area contributed by atoms with E-state index < -0.39 is 10.8 Å². The summed E-state index contributed by atoms with van der Waals surface area (Å²) in [5.74, 6) is 0.277. The van der Waals surface area contributed by atoms with Gasteiger partial charge in [-0.25, -0.2) is 0 Å². The maximum atomic E-state index is 12.6. The van der Waals surface area contributed by atoms with Gasteiger partial charge in [0.2, 0.25) is 0 Å². The standard InChI is InChI=1S/C25H20ClN3O5/c1-2-33-24-13-18(8-11-23(24)34-16-17-6-9-20(26)10-7-17)12-19(15-27)25(30)28-21-4-3-5-22(14-21)29(31)32/h3-14H,2,16H2,1H3,(H,28,30)/b19-12-. The van der Waals surface area contributed by atoms with E-state index in [1.165, 1.54) is 30.3 Å². The normalized spacial score (nSPS) is 10.8. The molecule has 8 nitrogen and oxygen atoms in total. The van der Waals surface area contributed by atoms with Crippen LogP contribution in [-0.4, -0.2) is 17.4 Å². The van der Waals surface area contributed by atoms with Crippen molar-refractivity contribution in [1.82, 2.24) is 0 Å². The number of ether oxygens (including phenoxy) is 2. The van der Waals surface area contributed by atoms with E-state index in [1.54, 1.807) is 30.3 Å². The van der Waals surface area contributed by atoms with E-state index >= 15 is 0 Å². The number of nitrogens with one attached hydrogen (secondary N) is 1. The summed E-state index contributed by atoms with van der Waals surface area (Å²) in [5.41, 5.74) is 1.34. The zero-order valence-corrected chi connectivity index (χ0v) is 18.9. The third kappa shape index (κ3) is 6.58. The van der Waals surface area contributed by atoms with Gasteiger partial charge in [0.1, 0.15) is 18.2 Å². The highest BCUT2D eigenvalue weighted by Gasteiger charge is 2.13. The lowest BCUT2D eigenvalue weighted by Crippen LogP contribution is -2.13. The van der Waals surface area contributed by atoms with Crippen LogP contribution in [0, 0.1) is 21.4 Å². The van der Waals surface area contributed by atoms with Crippen molar-refractivity contribution in [3.8, 4) is 17.6 Å². The number of halogens is 1. The summed E-state index contributed by atoms with van der Waals surface area (Å²) >= 11 is 5.91. The van der Waals surface area contributed by atoms with Crippen molar-refractivity contribution in [3.63, 3.8) is 0 Å². The number of amides is 1. The third-order valence-electron chi connectivity index (χ3n) is 4.57. The first-order valence-corrected chi connectivity index (χ1v) is 10.6. The van der Waals surface area contributed by atoms with Gasteiger partial charge in [0.15, 0.2) is 11.5 Å². The van der Waals surface area contributed by atoms with Crippen LogP contribution in [0.2, 0.25) is 5.02 Å². The lowest BCUT2D eigenvalue weighted by Gasteiger charge is -2.13. The Bertz CT molecular complexity index is 1270. The molecular formula is C25H20ClN3O5. The maximum Gasteiger partial charge on any atom is 0.271 e. The number of carbonyl (C=O) groups excluding carboxylic acids is 1. The van der Waals surface area contributed by atoms with Crippen molar-refractivity contribution in [3.05, 3.63) is 98.6 Å². The van der Waals surface area contributed by atoms with E-state index in [-0.39, 0.29) is 16.9 Å². The summed E-state index contributed by atoms with van der Waals surface area (Å²) in [6.45, 7) is 2.53.